The van der Waals surface area contributed by atoms with Crippen LogP contribution in [-0.2, 0) is 14.6 Å². The minimum atomic E-state index is -2.91. The van der Waals surface area contributed by atoms with Crippen LogP contribution in [0.3, 0.4) is 0 Å². The molecule has 0 radical (unpaired) electrons. The highest BCUT2D eigenvalue weighted by molar-refractivity contribution is 7.91. The zero-order valence-electron chi connectivity index (χ0n) is 9.61. The van der Waals surface area contributed by atoms with E-state index in [-0.39, 0.29) is 29.5 Å². The van der Waals surface area contributed by atoms with Crippen LogP contribution in [0.2, 0.25) is 0 Å². The van der Waals surface area contributed by atoms with E-state index in [1.165, 1.54) is 0 Å². The number of hydrogen-bond acceptors (Lipinski definition) is 4. The Hall–Kier alpha value is -0.620. The minimum Gasteiger partial charge on any atom is -0.352 e. The van der Waals surface area contributed by atoms with Gasteiger partial charge in [0.1, 0.15) is 0 Å². The summed E-state index contributed by atoms with van der Waals surface area (Å²) in [6.45, 7) is 1.90. The number of carbonyl (C=O) groups is 1. The number of amides is 1. The molecular weight excluding hydrogens is 228 g/mol. The van der Waals surface area contributed by atoms with Crippen molar-refractivity contribution >= 4 is 15.7 Å². The van der Waals surface area contributed by atoms with Crippen LogP contribution in [0.4, 0.5) is 0 Å². The summed E-state index contributed by atoms with van der Waals surface area (Å²) in [5.41, 5.74) is 5.57. The van der Waals surface area contributed by atoms with Gasteiger partial charge in [0.25, 0.3) is 0 Å². The number of nitrogens with two attached hydrogens (primary N) is 1. The number of sulfone groups is 1. The monoisotopic (exact) mass is 248 g/mol. The van der Waals surface area contributed by atoms with E-state index in [4.69, 9.17) is 5.73 Å². The van der Waals surface area contributed by atoms with Crippen molar-refractivity contribution in [3.63, 3.8) is 0 Å². The van der Waals surface area contributed by atoms with Crippen molar-refractivity contribution in [3.8, 4) is 0 Å². The van der Waals surface area contributed by atoms with Crippen molar-refractivity contribution in [1.29, 1.82) is 0 Å². The van der Waals surface area contributed by atoms with Gasteiger partial charge in [-0.1, -0.05) is 0 Å². The summed E-state index contributed by atoms with van der Waals surface area (Å²) in [7, 11) is -2.91. The lowest BCUT2D eigenvalue weighted by Gasteiger charge is -2.11. The Bertz CT molecular complexity index is 338. The van der Waals surface area contributed by atoms with E-state index in [0.29, 0.717) is 12.8 Å². The molecule has 1 aliphatic rings. The molecule has 1 saturated heterocycles. The van der Waals surface area contributed by atoms with Crippen LogP contribution >= 0.6 is 0 Å². The van der Waals surface area contributed by atoms with E-state index in [1.807, 2.05) is 6.92 Å². The Kier molecular flexibility index (Phi) is 4.73. The first-order chi connectivity index (χ1) is 7.39. The standard InChI is InChI=1S/C10H20N2O3S/c1-8(11)3-2-4-10(13)12-9-5-6-16(14,15)7-9/h8-9H,2-7,11H2,1H3,(H,12,13). The first-order valence-electron chi connectivity index (χ1n) is 5.64. The maximum Gasteiger partial charge on any atom is 0.220 e. The quantitative estimate of drug-likeness (QED) is 0.705. The molecule has 6 heteroatoms. The first-order valence-corrected chi connectivity index (χ1v) is 7.46. The van der Waals surface area contributed by atoms with Crippen LogP contribution in [0, 0.1) is 0 Å². The molecule has 16 heavy (non-hydrogen) atoms. The van der Waals surface area contributed by atoms with Crippen molar-refractivity contribution in [3.05, 3.63) is 0 Å². The molecule has 2 unspecified atom stereocenters. The van der Waals surface area contributed by atoms with Gasteiger partial charge in [-0.25, -0.2) is 8.42 Å². The van der Waals surface area contributed by atoms with Crippen LogP contribution in [-0.4, -0.2) is 37.9 Å². The number of rotatable bonds is 5. The van der Waals surface area contributed by atoms with Crippen molar-refractivity contribution in [2.45, 2.75) is 44.7 Å². The van der Waals surface area contributed by atoms with Crippen LogP contribution in [0.15, 0.2) is 0 Å². The molecule has 0 bridgehead atoms. The number of carbonyl (C=O) groups excluding carboxylic acids is 1. The molecule has 3 N–H and O–H groups in total. The van der Waals surface area contributed by atoms with Crippen molar-refractivity contribution in [2.24, 2.45) is 5.73 Å². The van der Waals surface area contributed by atoms with Gasteiger partial charge in [-0.05, 0) is 26.2 Å². The number of nitrogens with one attached hydrogen (secondary N) is 1. The summed E-state index contributed by atoms with van der Waals surface area (Å²) in [4.78, 5) is 11.4. The van der Waals surface area contributed by atoms with Crippen molar-refractivity contribution < 1.29 is 13.2 Å². The molecule has 0 aromatic rings. The molecule has 0 aromatic heterocycles. The SMILES string of the molecule is CC(N)CCCC(=O)NC1CCS(=O)(=O)C1. The zero-order valence-corrected chi connectivity index (χ0v) is 10.4. The van der Waals surface area contributed by atoms with Crippen LogP contribution < -0.4 is 11.1 Å². The van der Waals surface area contributed by atoms with Gasteiger partial charge in [-0.3, -0.25) is 4.79 Å². The molecule has 0 saturated carbocycles. The Labute approximate surface area is 96.7 Å². The van der Waals surface area contributed by atoms with Gasteiger partial charge >= 0.3 is 0 Å². The fourth-order valence-electron chi connectivity index (χ4n) is 1.79. The van der Waals surface area contributed by atoms with E-state index >= 15 is 0 Å². The Morgan fingerprint density at radius 1 is 1.56 bits per heavy atom. The fourth-order valence-corrected chi connectivity index (χ4v) is 3.47. The van der Waals surface area contributed by atoms with Crippen molar-refractivity contribution in [1.82, 2.24) is 5.32 Å². The zero-order chi connectivity index (χ0) is 12.2. The summed E-state index contributed by atoms with van der Waals surface area (Å²) in [5.74, 6) is 0.215. The second-order valence-corrected chi connectivity index (χ2v) is 6.77. The Morgan fingerprint density at radius 2 is 2.25 bits per heavy atom. The summed E-state index contributed by atoms with van der Waals surface area (Å²) < 4.78 is 22.3. The summed E-state index contributed by atoms with van der Waals surface area (Å²) >= 11 is 0. The van der Waals surface area contributed by atoms with Gasteiger partial charge in [-0.15, -0.1) is 0 Å². The molecule has 2 atom stereocenters. The van der Waals surface area contributed by atoms with Gasteiger partial charge in [-0.2, -0.15) is 0 Å². The third-order valence-corrected chi connectivity index (χ3v) is 4.43. The smallest absolute Gasteiger partial charge is 0.220 e. The predicted octanol–water partition coefficient (Wildman–Crippen LogP) is -0.193. The maximum atomic E-state index is 11.4. The lowest BCUT2D eigenvalue weighted by molar-refractivity contribution is -0.121. The molecule has 1 amide bonds. The highest BCUT2D eigenvalue weighted by Gasteiger charge is 2.28. The molecular formula is C10H20N2O3S. The van der Waals surface area contributed by atoms with Gasteiger partial charge in [0.2, 0.25) is 5.91 Å². The Morgan fingerprint density at radius 3 is 2.75 bits per heavy atom. The third kappa shape index (κ3) is 4.94. The van der Waals surface area contributed by atoms with Crippen molar-refractivity contribution in [2.75, 3.05) is 11.5 Å². The molecule has 1 rings (SSSR count). The molecule has 5 nitrogen and oxygen atoms in total. The number of hydrogen-bond donors (Lipinski definition) is 2. The highest BCUT2D eigenvalue weighted by Crippen LogP contribution is 2.11. The largest absolute Gasteiger partial charge is 0.352 e. The highest BCUT2D eigenvalue weighted by atomic mass is 32.2. The van der Waals surface area contributed by atoms with Gasteiger partial charge in [0.05, 0.1) is 11.5 Å². The lowest BCUT2D eigenvalue weighted by Crippen LogP contribution is -2.35. The van der Waals surface area contributed by atoms with Crippen LogP contribution in [0.1, 0.15) is 32.6 Å². The van der Waals surface area contributed by atoms with E-state index in [9.17, 15) is 13.2 Å². The summed E-state index contributed by atoms with van der Waals surface area (Å²) in [6, 6.07) is -0.0764. The van der Waals surface area contributed by atoms with E-state index in [2.05, 4.69) is 5.32 Å². The van der Waals surface area contributed by atoms with E-state index in [1.54, 1.807) is 0 Å². The van der Waals surface area contributed by atoms with Gasteiger partial charge < -0.3 is 11.1 Å². The predicted molar refractivity (Wildman–Crippen MR) is 62.7 cm³/mol. The minimum absolute atomic E-state index is 0.0669. The van der Waals surface area contributed by atoms with Crippen LogP contribution in [0.25, 0.3) is 0 Å². The first kappa shape index (κ1) is 13.4. The maximum absolute atomic E-state index is 11.4. The van der Waals surface area contributed by atoms with Gasteiger partial charge in [0, 0.05) is 18.5 Å². The average molecular weight is 248 g/mol. The molecule has 1 heterocycles. The normalized spacial score (nSPS) is 25.2. The van der Waals surface area contributed by atoms with Gasteiger partial charge in [0.15, 0.2) is 9.84 Å². The fraction of sp³-hybridized carbons (Fsp3) is 0.900. The van der Waals surface area contributed by atoms with Crippen LogP contribution in [0.5, 0.6) is 0 Å². The topological polar surface area (TPSA) is 89.3 Å². The average Bonchev–Trinajstić information content (AvgIpc) is 2.44. The molecule has 0 aliphatic carbocycles. The molecule has 1 aliphatic heterocycles. The second kappa shape index (κ2) is 5.63. The van der Waals surface area contributed by atoms with E-state index < -0.39 is 9.84 Å². The summed E-state index contributed by atoms with van der Waals surface area (Å²) in [5, 5.41) is 2.75. The molecule has 94 valence electrons. The molecule has 1 fully saturated rings. The Balaban J connectivity index is 2.20. The third-order valence-electron chi connectivity index (χ3n) is 2.66. The lowest BCUT2D eigenvalue weighted by atomic mass is 10.1. The molecule has 0 aromatic carbocycles. The summed E-state index contributed by atoms with van der Waals surface area (Å²) in [6.07, 6.45) is 2.54. The van der Waals surface area contributed by atoms with E-state index in [0.717, 1.165) is 12.8 Å². The second-order valence-electron chi connectivity index (χ2n) is 4.54. The molecule has 0 spiro atoms.